The molecule has 6 heterocycles. The number of carbonyl (C=O) groups excluding carboxylic acids is 3. The van der Waals surface area contributed by atoms with Gasteiger partial charge in [-0.05, 0) is 147 Å². The number of nitrogens with zero attached hydrogens (tertiary/aromatic N) is 3. The van der Waals surface area contributed by atoms with E-state index in [4.69, 9.17) is 11.5 Å². The molecular formula is C60H83N11O3. The fourth-order valence-electron chi connectivity index (χ4n) is 14.7. The number of hydrogen-bond donors (Lipinski definition) is 8. The fraction of sp³-hybridized carbons (Fsp3) is 0.550. The van der Waals surface area contributed by atoms with Crippen molar-refractivity contribution in [3.63, 3.8) is 0 Å². The van der Waals surface area contributed by atoms with Gasteiger partial charge in [0, 0.05) is 133 Å². The van der Waals surface area contributed by atoms with Crippen LogP contribution in [0.4, 0.5) is 0 Å². The van der Waals surface area contributed by atoms with Crippen LogP contribution in [0.3, 0.4) is 0 Å². The van der Waals surface area contributed by atoms with Crippen LogP contribution in [0.1, 0.15) is 117 Å². The maximum absolute atomic E-state index is 11.6. The number of likely N-dealkylation sites (tertiary alicyclic amines) is 3. The summed E-state index contributed by atoms with van der Waals surface area (Å²) in [6, 6.07) is 21.8. The van der Waals surface area contributed by atoms with Gasteiger partial charge >= 0.3 is 0 Å². The third-order valence-electron chi connectivity index (χ3n) is 17.7. The predicted octanol–water partition coefficient (Wildman–Crippen LogP) is 7.01. The molecule has 3 saturated heterocycles. The Hall–Kier alpha value is -5.51. The summed E-state index contributed by atoms with van der Waals surface area (Å²) < 4.78 is 0. The second kappa shape index (κ2) is 23.2. The second-order valence-electron chi connectivity index (χ2n) is 22.6. The van der Waals surface area contributed by atoms with Gasteiger partial charge in [0.1, 0.15) is 0 Å². The van der Waals surface area contributed by atoms with Gasteiger partial charge in [-0.3, -0.25) is 29.1 Å². The maximum Gasteiger partial charge on any atom is 0.233 e. The van der Waals surface area contributed by atoms with Gasteiger partial charge in [-0.2, -0.15) is 0 Å². The van der Waals surface area contributed by atoms with Gasteiger partial charge in [-0.15, -0.1) is 0 Å². The first-order valence-electron chi connectivity index (χ1n) is 28.3. The van der Waals surface area contributed by atoms with Crippen molar-refractivity contribution in [3.8, 4) is 0 Å². The summed E-state index contributed by atoms with van der Waals surface area (Å²) in [6.45, 7) is 17.4. The molecule has 0 unspecified atom stereocenters. The molecule has 14 heteroatoms. The number of fused-ring (bicyclic) bond motifs is 6. The van der Waals surface area contributed by atoms with Crippen LogP contribution in [0, 0.1) is 17.8 Å². The molecule has 3 aromatic carbocycles. The highest BCUT2D eigenvalue weighted by molar-refractivity contribution is 5.90. The third kappa shape index (κ3) is 10.7. The van der Waals surface area contributed by atoms with Gasteiger partial charge < -0.3 is 42.4 Å². The van der Waals surface area contributed by atoms with Crippen molar-refractivity contribution in [1.82, 2.24) is 45.6 Å². The van der Waals surface area contributed by atoms with E-state index >= 15 is 0 Å². The smallest absolute Gasteiger partial charge is 0.233 e. The molecule has 3 aromatic heterocycles. The molecule has 0 bridgehead atoms. The Morgan fingerprint density at radius 3 is 1.14 bits per heavy atom. The monoisotopic (exact) mass is 1010 g/mol. The van der Waals surface area contributed by atoms with E-state index in [9.17, 15) is 14.4 Å². The molecule has 3 fully saturated rings. The fourth-order valence-corrected chi connectivity index (χ4v) is 14.7. The Morgan fingerprint density at radius 2 is 0.838 bits per heavy atom. The summed E-state index contributed by atoms with van der Waals surface area (Å²) in [5, 5.41) is 13.4. The summed E-state index contributed by atoms with van der Waals surface area (Å²) in [5.41, 5.74) is 23.5. The minimum Gasteiger partial charge on any atom is -0.361 e. The number of rotatable bonds is 14. The van der Waals surface area contributed by atoms with Crippen molar-refractivity contribution in [2.24, 2.45) is 29.2 Å². The highest BCUT2D eigenvalue weighted by Crippen LogP contribution is 2.47. The van der Waals surface area contributed by atoms with Crippen LogP contribution in [0.25, 0.3) is 32.7 Å². The third-order valence-corrected chi connectivity index (χ3v) is 17.7. The van der Waals surface area contributed by atoms with Gasteiger partial charge in [-0.25, -0.2) is 0 Å². The first kappa shape index (κ1) is 52.0. The predicted molar refractivity (Wildman–Crippen MR) is 298 cm³/mol. The van der Waals surface area contributed by atoms with Crippen LogP contribution < -0.4 is 27.4 Å². The van der Waals surface area contributed by atoms with E-state index in [0.29, 0.717) is 53.6 Å². The lowest BCUT2D eigenvalue weighted by atomic mass is 9.72. The quantitative estimate of drug-likeness (QED) is 0.0571. The molecule has 10 N–H and O–H groups in total. The molecule has 6 aliphatic rings. The Labute approximate surface area is 437 Å². The highest BCUT2D eigenvalue weighted by Gasteiger charge is 2.43. The van der Waals surface area contributed by atoms with Crippen molar-refractivity contribution >= 4 is 50.4 Å². The molecule has 14 nitrogen and oxygen atoms in total. The van der Waals surface area contributed by atoms with E-state index in [1.807, 2.05) is 0 Å². The molecule has 3 aliphatic carbocycles. The summed E-state index contributed by atoms with van der Waals surface area (Å²) in [5.74, 6) is 3.16. The van der Waals surface area contributed by atoms with Crippen molar-refractivity contribution < 1.29 is 14.4 Å². The number of aromatic nitrogens is 3. The average Bonchev–Trinajstić information content (AvgIpc) is 4.17. The van der Waals surface area contributed by atoms with E-state index in [2.05, 4.69) is 140 Å². The molecule has 3 amide bonds. The van der Waals surface area contributed by atoms with Crippen molar-refractivity contribution in [2.45, 2.75) is 121 Å². The van der Waals surface area contributed by atoms with Gasteiger partial charge in [-0.1, -0.05) is 57.2 Å². The minimum atomic E-state index is -0.0529. The zero-order valence-electron chi connectivity index (χ0n) is 44.5. The SMILES string of the molecule is CCCN1C[C@H](CNC(=O)CN)C[C@@H]2c3cccc4[nH]cc(c34)C[C@H]21.CCCN1C[C@H](CNC(=O)CN)C[C@@H]2c3cccc4[nH]cc(c34)C[C@H]21.CCCN1C[C@H](CNC(C)=O)C[C@@H]2c3cccc4[nH]cc(c34)C[C@H]21. The number of hydrogen-bond acceptors (Lipinski definition) is 8. The van der Waals surface area contributed by atoms with E-state index in [0.717, 1.165) is 104 Å². The number of nitrogens with one attached hydrogen (secondary N) is 6. The van der Waals surface area contributed by atoms with E-state index < -0.39 is 0 Å². The first-order valence-corrected chi connectivity index (χ1v) is 28.3. The lowest BCUT2D eigenvalue weighted by molar-refractivity contribution is -0.120. The minimum absolute atomic E-state index is 0.0529. The lowest BCUT2D eigenvalue weighted by Crippen LogP contribution is -2.52. The first-order chi connectivity index (χ1) is 36.1. The van der Waals surface area contributed by atoms with Crippen LogP contribution in [0.5, 0.6) is 0 Å². The molecule has 0 radical (unpaired) electrons. The van der Waals surface area contributed by atoms with Crippen molar-refractivity contribution in [1.29, 1.82) is 0 Å². The van der Waals surface area contributed by atoms with Crippen LogP contribution in [-0.2, 0) is 33.6 Å². The number of benzene rings is 3. The van der Waals surface area contributed by atoms with Gasteiger partial charge in [0.2, 0.25) is 17.7 Å². The summed E-state index contributed by atoms with van der Waals surface area (Å²) in [6.07, 6.45) is 17.0. The lowest BCUT2D eigenvalue weighted by Gasteiger charge is -2.47. The number of H-pyrrole nitrogens is 3. The van der Waals surface area contributed by atoms with E-state index in [-0.39, 0.29) is 30.8 Å². The van der Waals surface area contributed by atoms with Crippen molar-refractivity contribution in [2.75, 3.05) is 72.0 Å². The molecule has 9 atom stereocenters. The number of piperidine rings is 3. The van der Waals surface area contributed by atoms with Gasteiger partial charge in [0.25, 0.3) is 0 Å². The molecule has 74 heavy (non-hydrogen) atoms. The van der Waals surface area contributed by atoms with Crippen LogP contribution in [0.15, 0.2) is 73.2 Å². The molecule has 396 valence electrons. The molecule has 0 spiro atoms. The van der Waals surface area contributed by atoms with Crippen LogP contribution in [-0.4, -0.2) is 137 Å². The Bertz CT molecular complexity index is 2770. The second-order valence-corrected chi connectivity index (χ2v) is 22.6. The molecule has 3 aliphatic heterocycles. The number of carbonyl (C=O) groups is 3. The molecule has 6 aromatic rings. The number of aromatic amines is 3. The zero-order valence-corrected chi connectivity index (χ0v) is 44.5. The largest absolute Gasteiger partial charge is 0.361 e. The average molecular weight is 1010 g/mol. The number of amides is 3. The van der Waals surface area contributed by atoms with E-state index in [1.54, 1.807) is 6.92 Å². The summed E-state index contributed by atoms with van der Waals surface area (Å²) >= 11 is 0. The van der Waals surface area contributed by atoms with E-state index in [1.165, 1.54) is 78.9 Å². The topological polar surface area (TPSA) is 196 Å². The number of nitrogens with two attached hydrogens (primary N) is 2. The van der Waals surface area contributed by atoms with Gasteiger partial charge in [0.15, 0.2) is 0 Å². The maximum atomic E-state index is 11.6. The normalized spacial score (nSPS) is 25.9. The van der Waals surface area contributed by atoms with Crippen LogP contribution in [0.2, 0.25) is 0 Å². The molecule has 12 rings (SSSR count). The van der Waals surface area contributed by atoms with Crippen molar-refractivity contribution in [3.05, 3.63) is 107 Å². The standard InChI is InChI=1S/2C20H28N4O.C20H27N3O/c2*1-2-6-24-12-13(10-23-19(25)9-21)7-16-15-4-3-5-17-20(15)14(11-22-17)8-18(16)24;1-3-7-23-12-14(10-21-13(2)24)8-17-16-5-4-6-18-20(16)15(11-22-18)9-19(17)23/h2*3-5,11,13,16,18,22H,2,6-10,12,21H2,1H3,(H,23,25);4-6,11,14,17,19,22H,3,7-10,12H2,1-2H3,(H,21,24)/t2*13-,16+,18+;14-,17+,19+/m000/s1. The summed E-state index contributed by atoms with van der Waals surface area (Å²) in [7, 11) is 0. The molecule has 0 saturated carbocycles. The Morgan fingerprint density at radius 1 is 0.514 bits per heavy atom. The Kier molecular flexibility index (Phi) is 16.3. The van der Waals surface area contributed by atoms with Gasteiger partial charge in [0.05, 0.1) is 13.1 Å². The summed E-state index contributed by atoms with van der Waals surface area (Å²) in [4.78, 5) is 52.8. The molecular weight excluding hydrogens is 923 g/mol. The highest BCUT2D eigenvalue weighted by atomic mass is 16.2. The zero-order chi connectivity index (χ0) is 51.5. The van der Waals surface area contributed by atoms with Crippen LogP contribution >= 0.6 is 0 Å². The Balaban J connectivity index is 0.000000127.